The molecule has 0 aromatic carbocycles. The van der Waals surface area contributed by atoms with Crippen molar-refractivity contribution in [2.24, 2.45) is 5.92 Å². The van der Waals surface area contributed by atoms with E-state index in [1.807, 2.05) is 0 Å². The molecule has 0 saturated heterocycles. The third-order valence-corrected chi connectivity index (χ3v) is 4.75. The van der Waals surface area contributed by atoms with Crippen LogP contribution >= 0.6 is 0 Å². The van der Waals surface area contributed by atoms with E-state index in [-0.39, 0.29) is 11.7 Å². The second kappa shape index (κ2) is 5.50. The first-order valence-corrected chi connectivity index (χ1v) is 7.00. The van der Waals surface area contributed by atoms with Crippen LogP contribution in [0.15, 0.2) is 0 Å². The van der Waals surface area contributed by atoms with E-state index in [1.165, 1.54) is 44.9 Å². The number of ether oxygens (including phenoxy) is 1. The van der Waals surface area contributed by atoms with Crippen LogP contribution in [-0.4, -0.2) is 23.9 Å². The standard InChI is InChI=1S/C14H26O2/c1-16-14(9-4-2-3-5-10-14)13(15)11-12-7-6-8-12/h12-13,15H,2-11H2,1H3. The van der Waals surface area contributed by atoms with E-state index >= 15 is 0 Å². The molecular weight excluding hydrogens is 200 g/mol. The van der Waals surface area contributed by atoms with Crippen molar-refractivity contribution < 1.29 is 9.84 Å². The van der Waals surface area contributed by atoms with Gasteiger partial charge in [-0.15, -0.1) is 0 Å². The van der Waals surface area contributed by atoms with E-state index in [1.54, 1.807) is 7.11 Å². The fraction of sp³-hybridized carbons (Fsp3) is 1.00. The molecule has 0 aromatic heterocycles. The van der Waals surface area contributed by atoms with E-state index in [0.29, 0.717) is 0 Å². The van der Waals surface area contributed by atoms with E-state index in [9.17, 15) is 5.11 Å². The highest BCUT2D eigenvalue weighted by Gasteiger charge is 2.39. The molecule has 94 valence electrons. The Hall–Kier alpha value is -0.0800. The van der Waals surface area contributed by atoms with Gasteiger partial charge in [-0.25, -0.2) is 0 Å². The van der Waals surface area contributed by atoms with Gasteiger partial charge in [0.25, 0.3) is 0 Å². The highest BCUT2D eigenvalue weighted by atomic mass is 16.5. The van der Waals surface area contributed by atoms with Crippen LogP contribution in [0.25, 0.3) is 0 Å². The van der Waals surface area contributed by atoms with E-state index < -0.39 is 0 Å². The smallest absolute Gasteiger partial charge is 0.0936 e. The summed E-state index contributed by atoms with van der Waals surface area (Å²) in [5.41, 5.74) is -0.216. The molecule has 2 saturated carbocycles. The first kappa shape index (κ1) is 12.4. The Morgan fingerprint density at radius 3 is 2.19 bits per heavy atom. The van der Waals surface area contributed by atoms with Gasteiger partial charge < -0.3 is 9.84 Å². The summed E-state index contributed by atoms with van der Waals surface area (Å²) in [6, 6.07) is 0. The maximum Gasteiger partial charge on any atom is 0.0936 e. The summed E-state index contributed by atoms with van der Waals surface area (Å²) in [7, 11) is 1.79. The summed E-state index contributed by atoms with van der Waals surface area (Å²) in [5.74, 6) is 0.769. The molecule has 2 aliphatic rings. The van der Waals surface area contributed by atoms with Gasteiger partial charge in [-0.3, -0.25) is 0 Å². The molecular formula is C14H26O2. The Labute approximate surface area is 99.4 Å². The Kier molecular flexibility index (Phi) is 4.26. The van der Waals surface area contributed by atoms with E-state index in [0.717, 1.165) is 25.2 Å². The van der Waals surface area contributed by atoms with Gasteiger partial charge in [-0.1, -0.05) is 44.9 Å². The summed E-state index contributed by atoms with van der Waals surface area (Å²) < 4.78 is 5.74. The predicted molar refractivity (Wildman–Crippen MR) is 65.4 cm³/mol. The zero-order valence-corrected chi connectivity index (χ0v) is 10.6. The molecule has 0 bridgehead atoms. The van der Waals surface area contributed by atoms with E-state index in [4.69, 9.17) is 4.74 Å². The summed E-state index contributed by atoms with van der Waals surface area (Å²) in [4.78, 5) is 0. The first-order valence-electron chi connectivity index (χ1n) is 7.00. The molecule has 2 aliphatic carbocycles. The molecule has 2 rings (SSSR count). The lowest BCUT2D eigenvalue weighted by atomic mass is 9.76. The minimum Gasteiger partial charge on any atom is -0.390 e. The molecule has 1 atom stereocenters. The predicted octanol–water partition coefficient (Wildman–Crippen LogP) is 3.28. The third kappa shape index (κ3) is 2.60. The van der Waals surface area contributed by atoms with Crippen molar-refractivity contribution in [2.75, 3.05) is 7.11 Å². The van der Waals surface area contributed by atoms with Crippen molar-refractivity contribution in [2.45, 2.75) is 75.9 Å². The average Bonchev–Trinajstić information content (AvgIpc) is 2.49. The maximum absolute atomic E-state index is 10.5. The lowest BCUT2D eigenvalue weighted by molar-refractivity contribution is -0.121. The van der Waals surface area contributed by atoms with Crippen LogP contribution in [0, 0.1) is 5.92 Å². The van der Waals surface area contributed by atoms with Crippen molar-refractivity contribution in [1.82, 2.24) is 0 Å². The largest absolute Gasteiger partial charge is 0.390 e. The van der Waals surface area contributed by atoms with Crippen LogP contribution in [0.4, 0.5) is 0 Å². The molecule has 0 radical (unpaired) electrons. The minimum atomic E-state index is -0.235. The third-order valence-electron chi connectivity index (χ3n) is 4.75. The molecule has 0 amide bonds. The molecule has 1 N–H and O–H groups in total. The summed E-state index contributed by atoms with van der Waals surface area (Å²) in [5, 5.41) is 10.5. The molecule has 0 aliphatic heterocycles. The number of methoxy groups -OCH3 is 1. The lowest BCUT2D eigenvalue weighted by Crippen LogP contribution is -2.45. The summed E-state index contributed by atoms with van der Waals surface area (Å²) in [6.07, 6.45) is 11.9. The fourth-order valence-electron chi connectivity index (χ4n) is 3.26. The maximum atomic E-state index is 10.5. The van der Waals surface area contributed by atoms with Crippen LogP contribution in [0.5, 0.6) is 0 Å². The SMILES string of the molecule is COC1(C(O)CC2CCC2)CCCCCC1. The fourth-order valence-corrected chi connectivity index (χ4v) is 3.26. The highest BCUT2D eigenvalue weighted by Crippen LogP contribution is 2.38. The molecule has 0 spiro atoms. The molecule has 2 nitrogen and oxygen atoms in total. The van der Waals surface area contributed by atoms with Crippen molar-refractivity contribution >= 4 is 0 Å². The average molecular weight is 226 g/mol. The summed E-state index contributed by atoms with van der Waals surface area (Å²) in [6.45, 7) is 0. The molecule has 16 heavy (non-hydrogen) atoms. The molecule has 0 heterocycles. The van der Waals surface area contributed by atoms with Crippen molar-refractivity contribution in [3.63, 3.8) is 0 Å². The zero-order chi connectivity index (χ0) is 11.4. The number of aliphatic hydroxyl groups is 1. The van der Waals surface area contributed by atoms with Crippen LogP contribution in [-0.2, 0) is 4.74 Å². The Balaban J connectivity index is 1.93. The van der Waals surface area contributed by atoms with Crippen LogP contribution in [0.2, 0.25) is 0 Å². The zero-order valence-electron chi connectivity index (χ0n) is 10.6. The van der Waals surface area contributed by atoms with Crippen molar-refractivity contribution in [3.8, 4) is 0 Å². The number of hydrogen-bond donors (Lipinski definition) is 1. The first-order chi connectivity index (χ1) is 7.77. The molecule has 2 heteroatoms. The van der Waals surface area contributed by atoms with Gasteiger partial charge in [0.05, 0.1) is 11.7 Å². The van der Waals surface area contributed by atoms with Gasteiger partial charge in [0, 0.05) is 7.11 Å². The lowest BCUT2D eigenvalue weighted by Gasteiger charge is -2.39. The van der Waals surface area contributed by atoms with Gasteiger partial charge in [-0.2, -0.15) is 0 Å². The van der Waals surface area contributed by atoms with E-state index in [2.05, 4.69) is 0 Å². The van der Waals surface area contributed by atoms with Crippen molar-refractivity contribution in [1.29, 1.82) is 0 Å². The van der Waals surface area contributed by atoms with Crippen LogP contribution < -0.4 is 0 Å². The summed E-state index contributed by atoms with van der Waals surface area (Å²) >= 11 is 0. The number of rotatable bonds is 4. The molecule has 1 unspecified atom stereocenters. The van der Waals surface area contributed by atoms with Gasteiger partial charge in [-0.05, 0) is 25.2 Å². The van der Waals surface area contributed by atoms with Gasteiger partial charge in [0.15, 0.2) is 0 Å². The van der Waals surface area contributed by atoms with Gasteiger partial charge >= 0.3 is 0 Å². The minimum absolute atomic E-state index is 0.216. The Morgan fingerprint density at radius 2 is 1.75 bits per heavy atom. The monoisotopic (exact) mass is 226 g/mol. The molecule has 2 fully saturated rings. The highest BCUT2D eigenvalue weighted by molar-refractivity contribution is 4.91. The number of hydrogen-bond acceptors (Lipinski definition) is 2. The Bertz CT molecular complexity index is 203. The normalized spacial score (nSPS) is 28.1. The Morgan fingerprint density at radius 1 is 1.12 bits per heavy atom. The quantitative estimate of drug-likeness (QED) is 0.745. The van der Waals surface area contributed by atoms with Crippen molar-refractivity contribution in [3.05, 3.63) is 0 Å². The number of aliphatic hydroxyl groups excluding tert-OH is 1. The molecule has 0 aromatic rings. The van der Waals surface area contributed by atoms with Crippen LogP contribution in [0.3, 0.4) is 0 Å². The topological polar surface area (TPSA) is 29.5 Å². The van der Waals surface area contributed by atoms with Gasteiger partial charge in [0.2, 0.25) is 0 Å². The second-order valence-electron chi connectivity index (χ2n) is 5.73. The van der Waals surface area contributed by atoms with Gasteiger partial charge in [0.1, 0.15) is 0 Å². The second-order valence-corrected chi connectivity index (χ2v) is 5.73. The van der Waals surface area contributed by atoms with Crippen LogP contribution in [0.1, 0.15) is 64.2 Å².